The number of fused-ring (bicyclic) bond motifs is 3. The number of rotatable bonds is 4. The van der Waals surface area contributed by atoms with Gasteiger partial charge in [0.1, 0.15) is 0 Å². The van der Waals surface area contributed by atoms with Crippen molar-refractivity contribution >= 4 is 45.6 Å². The number of para-hydroxylation sites is 1. The Kier molecular flexibility index (Phi) is 5.31. The Hall–Kier alpha value is -4.11. The third kappa shape index (κ3) is 4.18. The van der Waals surface area contributed by atoms with Gasteiger partial charge < -0.3 is 10.2 Å². The van der Waals surface area contributed by atoms with Crippen LogP contribution >= 0.6 is 11.3 Å². The highest BCUT2D eigenvalue weighted by Crippen LogP contribution is 2.35. The molecule has 1 aliphatic rings. The van der Waals surface area contributed by atoms with E-state index in [2.05, 4.69) is 20.6 Å². The normalized spacial score (nSPS) is 12.5. The maximum atomic E-state index is 12.5. The number of anilines is 4. The van der Waals surface area contributed by atoms with Gasteiger partial charge in [0.05, 0.1) is 23.5 Å². The standard InChI is InChI=1S/C24H20N6O2S/c1-14-13-33-24(26-14)29-22(32)15-7-9-17(10-8-15)27-23-25-12-16-11-20(31)30(2)19-6-4-3-5-18(19)21(16)28-23/h3-10,12-13H,11H2,1-2H3,(H,25,27,28)(H,26,29,32). The van der Waals surface area contributed by atoms with Crippen LogP contribution in [0.4, 0.5) is 22.5 Å². The number of likely N-dealkylation sites (N-methyl/N-ethyl adjacent to an activating group) is 1. The summed E-state index contributed by atoms with van der Waals surface area (Å²) < 4.78 is 0. The fraction of sp³-hybridized carbons (Fsp3) is 0.125. The van der Waals surface area contributed by atoms with E-state index < -0.39 is 0 Å². The van der Waals surface area contributed by atoms with E-state index in [9.17, 15) is 9.59 Å². The Morgan fingerprint density at radius 2 is 1.88 bits per heavy atom. The Bertz CT molecular complexity index is 1370. The maximum Gasteiger partial charge on any atom is 0.257 e. The summed E-state index contributed by atoms with van der Waals surface area (Å²) in [7, 11) is 1.77. The number of aryl methyl sites for hydroxylation is 1. The zero-order valence-corrected chi connectivity index (χ0v) is 18.8. The molecule has 0 radical (unpaired) electrons. The molecule has 0 saturated heterocycles. The van der Waals surface area contributed by atoms with Gasteiger partial charge in [-0.25, -0.2) is 15.0 Å². The molecule has 1 aliphatic heterocycles. The van der Waals surface area contributed by atoms with Gasteiger partial charge in [-0.3, -0.25) is 14.9 Å². The van der Waals surface area contributed by atoms with Crippen LogP contribution in [0.2, 0.25) is 0 Å². The summed E-state index contributed by atoms with van der Waals surface area (Å²) in [5.41, 5.74) is 5.35. The lowest BCUT2D eigenvalue weighted by Gasteiger charge is -2.16. The number of aromatic nitrogens is 3. The molecule has 8 nitrogen and oxygen atoms in total. The van der Waals surface area contributed by atoms with Crippen molar-refractivity contribution in [2.45, 2.75) is 13.3 Å². The van der Waals surface area contributed by atoms with Crippen LogP contribution in [0, 0.1) is 6.92 Å². The van der Waals surface area contributed by atoms with E-state index in [0.717, 1.165) is 33.9 Å². The second kappa shape index (κ2) is 8.44. The minimum absolute atomic E-state index is 0.00714. The van der Waals surface area contributed by atoms with E-state index in [4.69, 9.17) is 4.98 Å². The van der Waals surface area contributed by atoms with E-state index in [0.29, 0.717) is 16.6 Å². The molecule has 0 bridgehead atoms. The molecule has 3 heterocycles. The molecule has 2 aromatic carbocycles. The highest BCUT2D eigenvalue weighted by atomic mass is 32.1. The molecule has 0 atom stereocenters. The van der Waals surface area contributed by atoms with Crippen molar-refractivity contribution < 1.29 is 9.59 Å². The molecule has 0 fully saturated rings. The zero-order valence-electron chi connectivity index (χ0n) is 18.0. The van der Waals surface area contributed by atoms with Gasteiger partial charge in [0.15, 0.2) is 5.13 Å². The topological polar surface area (TPSA) is 100 Å². The Labute approximate surface area is 194 Å². The molecule has 4 aromatic rings. The van der Waals surface area contributed by atoms with Crippen LogP contribution in [0.1, 0.15) is 21.6 Å². The summed E-state index contributed by atoms with van der Waals surface area (Å²) in [6.45, 7) is 1.88. The summed E-state index contributed by atoms with van der Waals surface area (Å²) in [5, 5.41) is 8.44. The van der Waals surface area contributed by atoms with Gasteiger partial charge in [0.25, 0.3) is 5.91 Å². The highest BCUT2D eigenvalue weighted by molar-refractivity contribution is 7.13. The molecule has 2 amide bonds. The van der Waals surface area contributed by atoms with Crippen molar-refractivity contribution in [3.63, 3.8) is 0 Å². The van der Waals surface area contributed by atoms with Crippen LogP contribution in [0.15, 0.2) is 60.1 Å². The monoisotopic (exact) mass is 456 g/mol. The van der Waals surface area contributed by atoms with Crippen LogP contribution in [-0.2, 0) is 11.2 Å². The number of carbonyl (C=O) groups excluding carboxylic acids is 2. The number of thiazole rings is 1. The lowest BCUT2D eigenvalue weighted by atomic mass is 10.1. The molecule has 164 valence electrons. The first-order valence-corrected chi connectivity index (χ1v) is 11.2. The number of nitrogens with zero attached hydrogens (tertiary/aromatic N) is 4. The molecule has 0 unspecified atom stereocenters. The molecule has 5 rings (SSSR count). The van der Waals surface area contributed by atoms with Crippen molar-refractivity contribution in [2.24, 2.45) is 0 Å². The van der Waals surface area contributed by atoms with E-state index >= 15 is 0 Å². The number of carbonyl (C=O) groups is 2. The van der Waals surface area contributed by atoms with Gasteiger partial charge in [-0.05, 0) is 37.3 Å². The Balaban J connectivity index is 1.37. The van der Waals surface area contributed by atoms with Crippen LogP contribution in [-0.4, -0.2) is 33.8 Å². The SMILES string of the molecule is Cc1csc(NC(=O)c2ccc(Nc3ncc4c(n3)-c3ccccc3N(C)C(=O)C4)cc2)n1. The maximum absolute atomic E-state index is 12.5. The average molecular weight is 457 g/mol. The van der Waals surface area contributed by atoms with Crippen LogP contribution in [0.25, 0.3) is 11.3 Å². The first kappa shape index (κ1) is 20.8. The van der Waals surface area contributed by atoms with Crippen molar-refractivity contribution in [2.75, 3.05) is 22.6 Å². The van der Waals surface area contributed by atoms with E-state index in [1.54, 1.807) is 42.4 Å². The quantitative estimate of drug-likeness (QED) is 0.471. The van der Waals surface area contributed by atoms with Gasteiger partial charge in [0.2, 0.25) is 11.9 Å². The van der Waals surface area contributed by atoms with Crippen molar-refractivity contribution in [1.82, 2.24) is 15.0 Å². The first-order valence-electron chi connectivity index (χ1n) is 10.3. The summed E-state index contributed by atoms with van der Waals surface area (Å²) in [6, 6.07) is 14.7. The van der Waals surface area contributed by atoms with Crippen LogP contribution in [0.5, 0.6) is 0 Å². The summed E-state index contributed by atoms with van der Waals surface area (Å²) in [4.78, 5) is 40.0. The first-order chi connectivity index (χ1) is 16.0. The average Bonchev–Trinajstić information content (AvgIpc) is 3.20. The zero-order chi connectivity index (χ0) is 22.9. The Morgan fingerprint density at radius 3 is 2.64 bits per heavy atom. The minimum atomic E-state index is -0.220. The number of amides is 2. The number of nitrogens with one attached hydrogen (secondary N) is 2. The summed E-state index contributed by atoms with van der Waals surface area (Å²) in [6.07, 6.45) is 1.93. The van der Waals surface area contributed by atoms with E-state index in [-0.39, 0.29) is 18.2 Å². The van der Waals surface area contributed by atoms with Gasteiger partial charge in [-0.1, -0.05) is 18.2 Å². The molecule has 2 aromatic heterocycles. The van der Waals surface area contributed by atoms with E-state index in [1.807, 2.05) is 36.6 Å². The molecule has 2 N–H and O–H groups in total. The third-order valence-corrected chi connectivity index (χ3v) is 6.22. The predicted molar refractivity (Wildman–Crippen MR) is 129 cm³/mol. The molecular weight excluding hydrogens is 436 g/mol. The number of hydrogen-bond acceptors (Lipinski definition) is 7. The third-order valence-electron chi connectivity index (χ3n) is 5.34. The smallest absolute Gasteiger partial charge is 0.257 e. The van der Waals surface area contributed by atoms with Crippen LogP contribution < -0.4 is 15.5 Å². The lowest BCUT2D eigenvalue weighted by Crippen LogP contribution is -2.26. The predicted octanol–water partition coefficient (Wildman–Crippen LogP) is 4.42. The largest absolute Gasteiger partial charge is 0.324 e. The van der Waals surface area contributed by atoms with Gasteiger partial charge in [-0.15, -0.1) is 11.3 Å². The molecule has 9 heteroatoms. The fourth-order valence-corrected chi connectivity index (χ4v) is 4.31. The molecular formula is C24H20N6O2S. The van der Waals surface area contributed by atoms with E-state index in [1.165, 1.54) is 11.3 Å². The molecule has 0 aliphatic carbocycles. The number of hydrogen-bond donors (Lipinski definition) is 2. The second-order valence-corrected chi connectivity index (χ2v) is 8.52. The van der Waals surface area contributed by atoms with Crippen molar-refractivity contribution in [3.05, 3.63) is 76.9 Å². The van der Waals surface area contributed by atoms with Crippen LogP contribution in [0.3, 0.4) is 0 Å². The van der Waals surface area contributed by atoms with Gasteiger partial charge in [0, 0.05) is 41.0 Å². The minimum Gasteiger partial charge on any atom is -0.324 e. The lowest BCUT2D eigenvalue weighted by molar-refractivity contribution is -0.117. The van der Waals surface area contributed by atoms with Gasteiger partial charge >= 0.3 is 0 Å². The van der Waals surface area contributed by atoms with Crippen molar-refractivity contribution in [1.29, 1.82) is 0 Å². The molecule has 0 spiro atoms. The molecule has 0 saturated carbocycles. The second-order valence-electron chi connectivity index (χ2n) is 7.66. The molecule has 33 heavy (non-hydrogen) atoms. The number of benzene rings is 2. The highest BCUT2D eigenvalue weighted by Gasteiger charge is 2.24. The Morgan fingerprint density at radius 1 is 1.09 bits per heavy atom. The summed E-state index contributed by atoms with van der Waals surface area (Å²) >= 11 is 1.39. The fourth-order valence-electron chi connectivity index (χ4n) is 3.63. The van der Waals surface area contributed by atoms with Gasteiger partial charge in [-0.2, -0.15) is 0 Å². The van der Waals surface area contributed by atoms with Crippen molar-refractivity contribution in [3.8, 4) is 11.3 Å². The summed E-state index contributed by atoms with van der Waals surface area (Å²) in [5.74, 6) is 0.186.